The highest BCUT2D eigenvalue weighted by Crippen LogP contribution is 2.16. The lowest BCUT2D eigenvalue weighted by molar-refractivity contribution is -0.118. The molecule has 1 rings (SSSR count). The molecule has 0 radical (unpaired) electrons. The van der Waals surface area contributed by atoms with Gasteiger partial charge in [-0.15, -0.1) is 0 Å². The highest BCUT2D eigenvalue weighted by Gasteiger charge is 2.08. The van der Waals surface area contributed by atoms with Crippen LogP contribution in [0.4, 0.5) is 0 Å². The van der Waals surface area contributed by atoms with Gasteiger partial charge in [-0.3, -0.25) is 4.79 Å². The monoisotopic (exact) mass is 162 g/mol. The van der Waals surface area contributed by atoms with Crippen molar-refractivity contribution in [3.8, 4) is 0 Å². The number of hydrogen-bond acceptors (Lipinski definition) is 1. The third-order valence-corrected chi connectivity index (χ3v) is 2.19. The summed E-state index contributed by atoms with van der Waals surface area (Å²) in [6.07, 6.45) is 0. The minimum Gasteiger partial charge on any atom is -0.299 e. The van der Waals surface area contributed by atoms with Crippen LogP contribution in [0.1, 0.15) is 30.9 Å². The lowest BCUT2D eigenvalue weighted by atomic mass is 9.97. The first-order valence-corrected chi connectivity index (χ1v) is 4.18. The van der Waals surface area contributed by atoms with E-state index in [1.807, 2.05) is 38.1 Å². The number of rotatable bonds is 2. The van der Waals surface area contributed by atoms with E-state index in [2.05, 4.69) is 0 Å². The summed E-state index contributed by atoms with van der Waals surface area (Å²) in [5, 5.41) is 0. The van der Waals surface area contributed by atoms with Crippen molar-refractivity contribution in [3.63, 3.8) is 0 Å². The van der Waals surface area contributed by atoms with E-state index in [9.17, 15) is 4.79 Å². The van der Waals surface area contributed by atoms with Gasteiger partial charge in [0.15, 0.2) is 0 Å². The number of aryl methyl sites for hydroxylation is 1. The Balaban J connectivity index is 2.89. The van der Waals surface area contributed by atoms with Crippen LogP contribution < -0.4 is 0 Å². The maximum Gasteiger partial charge on any atom is 0.136 e. The van der Waals surface area contributed by atoms with E-state index in [4.69, 9.17) is 0 Å². The van der Waals surface area contributed by atoms with Gasteiger partial charge in [-0.1, -0.05) is 36.8 Å². The minimum absolute atomic E-state index is 0.0330. The smallest absolute Gasteiger partial charge is 0.136 e. The number of carbonyl (C=O) groups is 1. The Labute approximate surface area is 73.4 Å². The molecule has 1 heteroatoms. The summed E-state index contributed by atoms with van der Waals surface area (Å²) >= 11 is 0. The molecule has 0 heterocycles. The van der Waals surface area contributed by atoms with Crippen LogP contribution in [-0.4, -0.2) is 5.78 Å². The van der Waals surface area contributed by atoms with Gasteiger partial charge in [0.2, 0.25) is 0 Å². The van der Waals surface area contributed by atoms with Crippen LogP contribution in [0.25, 0.3) is 0 Å². The van der Waals surface area contributed by atoms with Crippen LogP contribution >= 0.6 is 0 Å². The Morgan fingerprint density at radius 3 is 2.17 bits per heavy atom. The second-order valence-corrected chi connectivity index (χ2v) is 3.24. The van der Waals surface area contributed by atoms with Crippen molar-refractivity contribution >= 4 is 5.78 Å². The molecular formula is C11H14O. The molecule has 0 aliphatic carbocycles. The maximum atomic E-state index is 11.0. The van der Waals surface area contributed by atoms with Crippen LogP contribution in [0.5, 0.6) is 0 Å². The summed E-state index contributed by atoms with van der Waals surface area (Å²) in [5.74, 6) is 0.254. The Morgan fingerprint density at radius 1 is 1.25 bits per heavy atom. The molecule has 1 aromatic rings. The van der Waals surface area contributed by atoms with Gasteiger partial charge in [0, 0.05) is 5.92 Å². The SMILES string of the molecule is CC(=O)C(C)c1ccc(C)cc1. The van der Waals surface area contributed by atoms with E-state index >= 15 is 0 Å². The summed E-state index contributed by atoms with van der Waals surface area (Å²) in [6, 6.07) is 8.10. The van der Waals surface area contributed by atoms with E-state index in [0.29, 0.717) is 0 Å². The van der Waals surface area contributed by atoms with Crippen LogP contribution in [-0.2, 0) is 4.79 Å². The largest absolute Gasteiger partial charge is 0.299 e. The zero-order chi connectivity index (χ0) is 9.14. The molecule has 0 aromatic heterocycles. The van der Waals surface area contributed by atoms with Crippen molar-refractivity contribution in [1.82, 2.24) is 0 Å². The molecule has 1 unspecified atom stereocenters. The lowest BCUT2D eigenvalue weighted by Crippen LogP contribution is -2.03. The molecule has 0 N–H and O–H groups in total. The first-order chi connectivity index (χ1) is 5.61. The summed E-state index contributed by atoms with van der Waals surface area (Å²) < 4.78 is 0. The predicted molar refractivity (Wildman–Crippen MR) is 50.3 cm³/mol. The first-order valence-electron chi connectivity index (χ1n) is 4.18. The fourth-order valence-electron chi connectivity index (χ4n) is 1.09. The summed E-state index contributed by atoms with van der Waals surface area (Å²) in [5.41, 5.74) is 2.34. The van der Waals surface area contributed by atoms with Gasteiger partial charge in [0.05, 0.1) is 0 Å². The Morgan fingerprint density at radius 2 is 1.75 bits per heavy atom. The first kappa shape index (κ1) is 8.98. The number of hydrogen-bond donors (Lipinski definition) is 0. The van der Waals surface area contributed by atoms with Crippen LogP contribution in [0.2, 0.25) is 0 Å². The van der Waals surface area contributed by atoms with Gasteiger partial charge in [0.25, 0.3) is 0 Å². The molecular weight excluding hydrogens is 148 g/mol. The molecule has 1 nitrogen and oxygen atoms in total. The standard InChI is InChI=1S/C11H14O/c1-8-4-6-11(7-5-8)9(2)10(3)12/h4-7,9H,1-3H3. The molecule has 0 fully saturated rings. The van der Waals surface area contributed by atoms with Gasteiger partial charge >= 0.3 is 0 Å². The van der Waals surface area contributed by atoms with Gasteiger partial charge in [-0.05, 0) is 19.4 Å². The van der Waals surface area contributed by atoms with E-state index in [1.165, 1.54) is 5.56 Å². The normalized spacial score (nSPS) is 12.6. The molecule has 64 valence electrons. The molecule has 0 saturated carbocycles. The summed E-state index contributed by atoms with van der Waals surface area (Å²) in [7, 11) is 0. The Hall–Kier alpha value is -1.11. The fourth-order valence-corrected chi connectivity index (χ4v) is 1.09. The summed E-state index contributed by atoms with van der Waals surface area (Å²) in [6.45, 7) is 5.61. The van der Waals surface area contributed by atoms with Crippen LogP contribution in [0.15, 0.2) is 24.3 Å². The highest BCUT2D eigenvalue weighted by molar-refractivity contribution is 5.82. The van der Waals surface area contributed by atoms with Gasteiger partial charge in [0.1, 0.15) is 5.78 Å². The molecule has 0 aliphatic heterocycles. The van der Waals surface area contributed by atoms with Gasteiger partial charge in [-0.2, -0.15) is 0 Å². The topological polar surface area (TPSA) is 17.1 Å². The minimum atomic E-state index is 0.0330. The molecule has 1 aromatic carbocycles. The van der Waals surface area contributed by atoms with E-state index in [-0.39, 0.29) is 11.7 Å². The molecule has 12 heavy (non-hydrogen) atoms. The van der Waals surface area contributed by atoms with Crippen molar-refractivity contribution in [2.75, 3.05) is 0 Å². The predicted octanol–water partition coefficient (Wildman–Crippen LogP) is 2.69. The average Bonchev–Trinajstić information content (AvgIpc) is 2.04. The highest BCUT2D eigenvalue weighted by atomic mass is 16.1. The van der Waals surface area contributed by atoms with Crippen LogP contribution in [0, 0.1) is 6.92 Å². The molecule has 1 atom stereocenters. The zero-order valence-electron chi connectivity index (χ0n) is 7.79. The molecule has 0 spiro atoms. The summed E-state index contributed by atoms with van der Waals surface area (Å²) in [4.78, 5) is 11.0. The zero-order valence-corrected chi connectivity index (χ0v) is 7.79. The van der Waals surface area contributed by atoms with Gasteiger partial charge < -0.3 is 0 Å². The fraction of sp³-hybridized carbons (Fsp3) is 0.364. The van der Waals surface area contributed by atoms with Crippen molar-refractivity contribution in [2.45, 2.75) is 26.7 Å². The Kier molecular flexibility index (Phi) is 2.64. The van der Waals surface area contributed by atoms with Crippen molar-refractivity contribution in [2.24, 2.45) is 0 Å². The number of ketones is 1. The molecule has 0 aliphatic rings. The van der Waals surface area contributed by atoms with Gasteiger partial charge in [-0.25, -0.2) is 0 Å². The van der Waals surface area contributed by atoms with Crippen molar-refractivity contribution in [1.29, 1.82) is 0 Å². The quantitative estimate of drug-likeness (QED) is 0.653. The van der Waals surface area contributed by atoms with E-state index in [1.54, 1.807) is 6.92 Å². The second kappa shape index (κ2) is 3.53. The second-order valence-electron chi connectivity index (χ2n) is 3.24. The maximum absolute atomic E-state index is 11.0. The third kappa shape index (κ3) is 1.94. The number of Topliss-reactive ketones (excluding diaryl/α,β-unsaturated/α-hetero) is 1. The van der Waals surface area contributed by atoms with Crippen LogP contribution in [0.3, 0.4) is 0 Å². The molecule has 0 amide bonds. The van der Waals surface area contributed by atoms with Crippen molar-refractivity contribution < 1.29 is 4.79 Å². The number of carbonyl (C=O) groups excluding carboxylic acids is 1. The van der Waals surface area contributed by atoms with E-state index in [0.717, 1.165) is 5.56 Å². The lowest BCUT2D eigenvalue weighted by Gasteiger charge is -2.07. The van der Waals surface area contributed by atoms with E-state index < -0.39 is 0 Å². The third-order valence-electron chi connectivity index (χ3n) is 2.19. The average molecular weight is 162 g/mol. The number of benzene rings is 1. The van der Waals surface area contributed by atoms with Crippen molar-refractivity contribution in [3.05, 3.63) is 35.4 Å². The Bertz CT molecular complexity index is 272. The molecule has 0 saturated heterocycles. The molecule has 0 bridgehead atoms.